The van der Waals surface area contributed by atoms with E-state index in [1.165, 1.54) is 76.4 Å². The van der Waals surface area contributed by atoms with E-state index in [1.54, 1.807) is 0 Å². The molecule has 1 unspecified atom stereocenters. The lowest BCUT2D eigenvalue weighted by atomic mass is 9.88. The molecular weight excluding hydrogens is 701 g/mol. The van der Waals surface area contributed by atoms with Crippen LogP contribution in [0.3, 0.4) is 0 Å². The summed E-state index contributed by atoms with van der Waals surface area (Å²) < 4.78 is 2.39. The summed E-state index contributed by atoms with van der Waals surface area (Å²) in [6.07, 6.45) is 5.67. The number of benzene rings is 9. The van der Waals surface area contributed by atoms with Gasteiger partial charge in [0.15, 0.2) is 0 Å². The Morgan fingerprint density at radius 1 is 0.448 bits per heavy atom. The number of fused-ring (bicyclic) bond motifs is 9. The van der Waals surface area contributed by atoms with Gasteiger partial charge in [-0.3, -0.25) is 4.99 Å². The van der Waals surface area contributed by atoms with E-state index in [1.807, 2.05) is 0 Å². The molecule has 1 aromatic heterocycles. The summed E-state index contributed by atoms with van der Waals surface area (Å²) in [5, 5.41) is 10.0. The van der Waals surface area contributed by atoms with Gasteiger partial charge in [0, 0.05) is 27.9 Å². The van der Waals surface area contributed by atoms with Crippen LogP contribution in [0, 0.1) is 5.92 Å². The third-order valence-corrected chi connectivity index (χ3v) is 12.0. The summed E-state index contributed by atoms with van der Waals surface area (Å²) in [7, 11) is 0. The van der Waals surface area contributed by atoms with Crippen LogP contribution in [0.15, 0.2) is 211 Å². The maximum Gasteiger partial charge on any atom is 0.0712 e. The third kappa shape index (κ3) is 5.60. The van der Waals surface area contributed by atoms with Gasteiger partial charge in [-0.25, -0.2) is 0 Å². The highest BCUT2D eigenvalue weighted by atomic mass is 15.0. The lowest BCUT2D eigenvalue weighted by molar-refractivity contribution is 0.819. The molecule has 274 valence electrons. The molecular formula is C56H40N2. The summed E-state index contributed by atoms with van der Waals surface area (Å²) >= 11 is 0. The first-order chi connectivity index (χ1) is 28.7. The number of aliphatic imine (C=N–C) groups is 1. The molecule has 1 aliphatic rings. The molecule has 1 aliphatic heterocycles. The highest BCUT2D eigenvalue weighted by molar-refractivity contribution is 6.29. The van der Waals surface area contributed by atoms with Gasteiger partial charge >= 0.3 is 0 Å². The molecule has 58 heavy (non-hydrogen) atoms. The monoisotopic (exact) mass is 740 g/mol. The number of hydrogen-bond acceptors (Lipinski definition) is 1. The fourth-order valence-electron chi connectivity index (χ4n) is 9.29. The molecule has 11 rings (SSSR count). The minimum Gasteiger partial charge on any atom is -0.309 e. The zero-order chi connectivity index (χ0) is 38.6. The molecule has 0 saturated carbocycles. The molecule has 2 heteroatoms. The number of allylic oxidation sites excluding steroid dienone is 3. The second-order valence-corrected chi connectivity index (χ2v) is 15.3. The van der Waals surface area contributed by atoms with Gasteiger partial charge in [0.05, 0.1) is 22.4 Å². The number of rotatable bonds is 6. The van der Waals surface area contributed by atoms with Gasteiger partial charge in [-0.05, 0) is 109 Å². The van der Waals surface area contributed by atoms with Crippen molar-refractivity contribution < 1.29 is 0 Å². The summed E-state index contributed by atoms with van der Waals surface area (Å²) in [6, 6.07) is 70.7. The van der Waals surface area contributed by atoms with Crippen LogP contribution in [0.25, 0.3) is 82.2 Å². The smallest absolute Gasteiger partial charge is 0.0712 e. The molecule has 0 aliphatic carbocycles. The minimum absolute atomic E-state index is 0.172. The fraction of sp³-hybridized carbons (Fsp3) is 0.0536. The van der Waals surface area contributed by atoms with E-state index in [0.29, 0.717) is 0 Å². The molecule has 10 aromatic rings. The molecule has 0 amide bonds. The Morgan fingerprint density at radius 3 is 1.79 bits per heavy atom. The second-order valence-electron chi connectivity index (χ2n) is 15.3. The average Bonchev–Trinajstić information content (AvgIpc) is 3.49. The van der Waals surface area contributed by atoms with E-state index in [9.17, 15) is 0 Å². The highest BCUT2D eigenvalue weighted by Gasteiger charge is 2.22. The predicted octanol–water partition coefficient (Wildman–Crippen LogP) is 14.9. The van der Waals surface area contributed by atoms with Gasteiger partial charge in [0.2, 0.25) is 0 Å². The van der Waals surface area contributed by atoms with Crippen molar-refractivity contribution in [2.75, 3.05) is 0 Å². The van der Waals surface area contributed by atoms with Crippen LogP contribution in [0.1, 0.15) is 30.0 Å². The molecule has 1 atom stereocenters. The summed E-state index contributed by atoms with van der Waals surface area (Å²) in [6.45, 7) is 2.26. The Morgan fingerprint density at radius 2 is 1.03 bits per heavy atom. The van der Waals surface area contributed by atoms with E-state index in [2.05, 4.69) is 218 Å². The van der Waals surface area contributed by atoms with Gasteiger partial charge < -0.3 is 4.57 Å². The van der Waals surface area contributed by atoms with Crippen LogP contribution in [0.4, 0.5) is 0 Å². The van der Waals surface area contributed by atoms with Crippen molar-refractivity contribution in [3.63, 3.8) is 0 Å². The van der Waals surface area contributed by atoms with Gasteiger partial charge in [-0.15, -0.1) is 0 Å². The lowest BCUT2D eigenvalue weighted by Gasteiger charge is -2.17. The van der Waals surface area contributed by atoms with Crippen molar-refractivity contribution in [1.29, 1.82) is 0 Å². The Bertz CT molecular complexity index is 3290. The van der Waals surface area contributed by atoms with Gasteiger partial charge in [-0.2, -0.15) is 0 Å². The highest BCUT2D eigenvalue weighted by Crippen LogP contribution is 2.43. The van der Waals surface area contributed by atoms with E-state index >= 15 is 0 Å². The number of para-hydroxylation sites is 2. The predicted molar refractivity (Wildman–Crippen MR) is 248 cm³/mol. The molecule has 2 heterocycles. The second kappa shape index (κ2) is 14.0. The Balaban J connectivity index is 1.18. The van der Waals surface area contributed by atoms with Crippen molar-refractivity contribution in [1.82, 2.24) is 4.57 Å². The first-order valence-corrected chi connectivity index (χ1v) is 20.3. The third-order valence-electron chi connectivity index (χ3n) is 12.0. The fourth-order valence-corrected chi connectivity index (χ4v) is 9.29. The summed E-state index contributed by atoms with van der Waals surface area (Å²) in [5.41, 5.74) is 12.7. The van der Waals surface area contributed by atoms with Crippen molar-refractivity contribution in [3.05, 3.63) is 223 Å². The largest absolute Gasteiger partial charge is 0.309 e. The molecule has 2 nitrogen and oxygen atoms in total. The molecule has 0 spiro atoms. The zero-order valence-corrected chi connectivity index (χ0v) is 32.3. The molecule has 0 N–H and O–H groups in total. The molecule has 0 saturated heterocycles. The van der Waals surface area contributed by atoms with E-state index in [4.69, 9.17) is 4.99 Å². The van der Waals surface area contributed by atoms with Crippen molar-refractivity contribution in [2.45, 2.75) is 13.3 Å². The Labute approximate surface area is 338 Å². The molecule has 0 bridgehead atoms. The SMILES string of the molecule is CCC1C=C(c2ccccc2)C=C(c2ccc3c4ccccc4c4cccc(-c5ccc6c(c5)c5ccccc5n6-c5ccccc5)c4c3c2)N=C1c1ccccc1. The first-order valence-electron chi connectivity index (χ1n) is 20.3. The van der Waals surface area contributed by atoms with Gasteiger partial charge in [-0.1, -0.05) is 171 Å². The summed E-state index contributed by atoms with van der Waals surface area (Å²) in [4.78, 5) is 5.59. The minimum atomic E-state index is 0.172. The average molecular weight is 741 g/mol. The van der Waals surface area contributed by atoms with E-state index in [0.717, 1.165) is 34.6 Å². The Hall–Kier alpha value is -7.29. The number of hydrogen-bond donors (Lipinski definition) is 0. The molecule has 9 aromatic carbocycles. The van der Waals surface area contributed by atoms with Gasteiger partial charge in [0.1, 0.15) is 0 Å². The topological polar surface area (TPSA) is 17.3 Å². The van der Waals surface area contributed by atoms with E-state index in [-0.39, 0.29) is 5.92 Å². The standard InChI is InChI=1S/C56H40N2/c1-2-37-33-42(38-17-6-3-7-18-38)36-52(57-56(37)39-19-8-4-9-20-39)41-29-31-47-45-23-12-13-24-46(45)49-27-16-26-44(55(49)51(47)35-41)40-30-32-54-50(34-40)48-25-14-15-28-53(48)58(54)43-21-10-5-11-22-43/h3-37H,2H2,1H3. The van der Waals surface area contributed by atoms with Crippen LogP contribution in [0.5, 0.6) is 0 Å². The zero-order valence-electron chi connectivity index (χ0n) is 32.3. The van der Waals surface area contributed by atoms with Crippen LogP contribution in [-0.4, -0.2) is 10.3 Å². The molecule has 0 fully saturated rings. The summed E-state index contributed by atoms with van der Waals surface area (Å²) in [5.74, 6) is 0.172. The molecule has 0 radical (unpaired) electrons. The van der Waals surface area contributed by atoms with Crippen molar-refractivity contribution in [3.8, 4) is 16.8 Å². The van der Waals surface area contributed by atoms with Crippen LogP contribution in [0.2, 0.25) is 0 Å². The number of aromatic nitrogens is 1. The lowest BCUT2D eigenvalue weighted by Crippen LogP contribution is -2.13. The maximum atomic E-state index is 5.59. The van der Waals surface area contributed by atoms with Gasteiger partial charge in [0.25, 0.3) is 0 Å². The van der Waals surface area contributed by atoms with E-state index < -0.39 is 0 Å². The normalized spacial score (nSPS) is 14.5. The van der Waals surface area contributed by atoms with Crippen LogP contribution < -0.4 is 0 Å². The van der Waals surface area contributed by atoms with Crippen LogP contribution >= 0.6 is 0 Å². The maximum absolute atomic E-state index is 5.59. The number of nitrogens with zero attached hydrogens (tertiary/aromatic N) is 2. The first kappa shape index (κ1) is 34.0. The van der Waals surface area contributed by atoms with Crippen molar-refractivity contribution >= 4 is 71.1 Å². The Kier molecular flexibility index (Phi) is 8.22. The van der Waals surface area contributed by atoms with Crippen molar-refractivity contribution in [2.24, 2.45) is 10.9 Å². The van der Waals surface area contributed by atoms with Crippen LogP contribution in [-0.2, 0) is 0 Å². The quantitative estimate of drug-likeness (QED) is 0.151.